The topological polar surface area (TPSA) is 21.3 Å². The number of halogens is 2. The fourth-order valence-corrected chi connectivity index (χ4v) is 2.51. The monoisotopic (exact) mass is 383 g/mol. The summed E-state index contributed by atoms with van der Waals surface area (Å²) in [4.78, 5) is 0. The minimum Gasteiger partial charge on any atom is -0.454 e. The Bertz CT molecular complexity index is 613. The van der Waals surface area contributed by atoms with Crippen molar-refractivity contribution in [1.82, 2.24) is 5.32 Å². The van der Waals surface area contributed by atoms with Gasteiger partial charge in [-0.25, -0.2) is 4.39 Å². The van der Waals surface area contributed by atoms with Crippen LogP contribution in [0.3, 0.4) is 0 Å². The van der Waals surface area contributed by atoms with Crippen LogP contribution in [0, 0.1) is 9.39 Å². The van der Waals surface area contributed by atoms with Crippen molar-refractivity contribution in [2.24, 2.45) is 0 Å². The van der Waals surface area contributed by atoms with Crippen LogP contribution < -0.4 is 10.1 Å². The fraction of sp³-hybridized carbons (Fsp3) is 0.250. The van der Waals surface area contributed by atoms with E-state index in [1.165, 1.54) is 18.9 Å². The summed E-state index contributed by atoms with van der Waals surface area (Å²) in [7, 11) is 0. The van der Waals surface area contributed by atoms with E-state index in [0.29, 0.717) is 24.1 Å². The zero-order valence-electron chi connectivity index (χ0n) is 10.9. The second-order valence-electron chi connectivity index (χ2n) is 4.94. The van der Waals surface area contributed by atoms with Crippen LogP contribution in [0.5, 0.6) is 11.5 Å². The molecule has 0 aliphatic heterocycles. The first kappa shape index (κ1) is 13.8. The summed E-state index contributed by atoms with van der Waals surface area (Å²) in [5, 5.41) is 3.39. The third-order valence-corrected chi connectivity index (χ3v) is 3.89. The molecule has 0 bridgehead atoms. The van der Waals surface area contributed by atoms with Crippen LogP contribution in [-0.2, 0) is 6.54 Å². The van der Waals surface area contributed by atoms with Crippen molar-refractivity contribution in [3.63, 3.8) is 0 Å². The molecule has 1 aliphatic carbocycles. The highest BCUT2D eigenvalue weighted by molar-refractivity contribution is 14.1. The van der Waals surface area contributed by atoms with Gasteiger partial charge in [0, 0.05) is 21.7 Å². The number of hydrogen-bond acceptors (Lipinski definition) is 2. The average molecular weight is 383 g/mol. The lowest BCUT2D eigenvalue weighted by Crippen LogP contribution is -2.16. The third kappa shape index (κ3) is 3.49. The van der Waals surface area contributed by atoms with Crippen molar-refractivity contribution in [3.8, 4) is 11.5 Å². The molecule has 0 atom stereocenters. The van der Waals surface area contributed by atoms with Gasteiger partial charge in [-0.05, 0) is 59.7 Å². The molecule has 104 valence electrons. The Labute approximate surface area is 131 Å². The summed E-state index contributed by atoms with van der Waals surface area (Å²) in [5.74, 6) is 0.663. The Morgan fingerprint density at radius 2 is 2.00 bits per heavy atom. The highest BCUT2D eigenvalue weighted by atomic mass is 127. The number of benzene rings is 2. The lowest BCUT2D eigenvalue weighted by molar-refractivity contribution is 0.433. The van der Waals surface area contributed by atoms with Crippen LogP contribution in [0.15, 0.2) is 42.5 Å². The molecule has 3 rings (SSSR count). The molecule has 0 spiro atoms. The summed E-state index contributed by atoms with van der Waals surface area (Å²) in [6.07, 6.45) is 2.42. The van der Waals surface area contributed by atoms with Gasteiger partial charge >= 0.3 is 0 Å². The van der Waals surface area contributed by atoms with Gasteiger partial charge in [0.2, 0.25) is 0 Å². The first-order valence-corrected chi connectivity index (χ1v) is 7.74. The van der Waals surface area contributed by atoms with Gasteiger partial charge in [-0.2, -0.15) is 0 Å². The van der Waals surface area contributed by atoms with Crippen molar-refractivity contribution in [2.75, 3.05) is 0 Å². The van der Waals surface area contributed by atoms with E-state index in [1.807, 2.05) is 30.3 Å². The molecule has 2 aromatic rings. The molecule has 2 nitrogen and oxygen atoms in total. The Hall–Kier alpha value is -1.14. The van der Waals surface area contributed by atoms with Crippen molar-refractivity contribution < 1.29 is 9.13 Å². The zero-order chi connectivity index (χ0) is 13.9. The van der Waals surface area contributed by atoms with Crippen LogP contribution in [0.25, 0.3) is 0 Å². The van der Waals surface area contributed by atoms with E-state index in [0.717, 1.165) is 9.13 Å². The van der Waals surface area contributed by atoms with Gasteiger partial charge in [-0.3, -0.25) is 0 Å². The standard InChI is InChI=1S/C16H15FINO/c17-15-6-1-3-11(10-19-13-7-8-13)16(15)20-14-5-2-4-12(18)9-14/h1-6,9,13,19H,7-8,10H2. The third-order valence-electron chi connectivity index (χ3n) is 3.22. The minimum absolute atomic E-state index is 0.320. The highest BCUT2D eigenvalue weighted by Gasteiger charge is 2.21. The van der Waals surface area contributed by atoms with E-state index in [4.69, 9.17) is 4.74 Å². The molecule has 0 heterocycles. The van der Waals surface area contributed by atoms with Crippen LogP contribution in [0.1, 0.15) is 18.4 Å². The molecule has 0 radical (unpaired) electrons. The van der Waals surface area contributed by atoms with Crippen molar-refractivity contribution in [3.05, 3.63) is 57.4 Å². The van der Waals surface area contributed by atoms with Gasteiger partial charge in [-0.15, -0.1) is 0 Å². The van der Waals surface area contributed by atoms with Crippen molar-refractivity contribution >= 4 is 22.6 Å². The normalized spacial score (nSPS) is 14.3. The largest absolute Gasteiger partial charge is 0.454 e. The Morgan fingerprint density at radius 3 is 2.75 bits per heavy atom. The average Bonchev–Trinajstić information content (AvgIpc) is 3.24. The molecule has 1 aliphatic rings. The minimum atomic E-state index is -0.320. The van der Waals surface area contributed by atoms with Gasteiger partial charge in [0.1, 0.15) is 5.75 Å². The summed E-state index contributed by atoms with van der Waals surface area (Å²) in [6, 6.07) is 13.3. The zero-order valence-corrected chi connectivity index (χ0v) is 13.1. The molecule has 20 heavy (non-hydrogen) atoms. The Morgan fingerprint density at radius 1 is 1.20 bits per heavy atom. The lowest BCUT2D eigenvalue weighted by atomic mass is 10.2. The number of para-hydroxylation sites is 1. The van der Waals surface area contributed by atoms with Crippen LogP contribution in [0.4, 0.5) is 4.39 Å². The van der Waals surface area contributed by atoms with E-state index < -0.39 is 0 Å². The molecule has 0 unspecified atom stereocenters. The fourth-order valence-electron chi connectivity index (χ4n) is 2.00. The highest BCUT2D eigenvalue weighted by Crippen LogP contribution is 2.30. The number of ether oxygens (including phenoxy) is 1. The molecular weight excluding hydrogens is 368 g/mol. The predicted molar refractivity (Wildman–Crippen MR) is 85.5 cm³/mol. The molecule has 0 amide bonds. The van der Waals surface area contributed by atoms with E-state index in [9.17, 15) is 4.39 Å². The van der Waals surface area contributed by atoms with E-state index in [2.05, 4.69) is 27.9 Å². The van der Waals surface area contributed by atoms with E-state index in [-0.39, 0.29) is 5.82 Å². The van der Waals surface area contributed by atoms with Gasteiger partial charge in [0.25, 0.3) is 0 Å². The second-order valence-corrected chi connectivity index (χ2v) is 6.19. The predicted octanol–water partition coefficient (Wildman–Crippen LogP) is 4.47. The SMILES string of the molecule is Fc1cccc(CNC2CC2)c1Oc1cccc(I)c1. The molecule has 1 saturated carbocycles. The molecule has 1 fully saturated rings. The number of rotatable bonds is 5. The molecule has 1 N–H and O–H groups in total. The number of nitrogens with one attached hydrogen (secondary N) is 1. The molecule has 0 aromatic heterocycles. The lowest BCUT2D eigenvalue weighted by Gasteiger charge is -2.13. The van der Waals surface area contributed by atoms with Gasteiger partial charge in [0.15, 0.2) is 11.6 Å². The maximum absolute atomic E-state index is 14.0. The van der Waals surface area contributed by atoms with E-state index >= 15 is 0 Å². The molecule has 2 aromatic carbocycles. The van der Waals surface area contributed by atoms with Gasteiger partial charge in [0.05, 0.1) is 0 Å². The maximum Gasteiger partial charge on any atom is 0.167 e. The quantitative estimate of drug-likeness (QED) is 0.770. The first-order valence-electron chi connectivity index (χ1n) is 6.66. The summed E-state index contributed by atoms with van der Waals surface area (Å²) >= 11 is 2.21. The van der Waals surface area contributed by atoms with Crippen molar-refractivity contribution in [2.45, 2.75) is 25.4 Å². The maximum atomic E-state index is 14.0. The molecular formula is C16H15FINO. The van der Waals surface area contributed by atoms with Crippen LogP contribution >= 0.6 is 22.6 Å². The smallest absolute Gasteiger partial charge is 0.167 e. The Kier molecular flexibility index (Phi) is 4.21. The molecule has 4 heteroatoms. The van der Waals surface area contributed by atoms with Gasteiger partial charge in [-0.1, -0.05) is 18.2 Å². The van der Waals surface area contributed by atoms with E-state index in [1.54, 1.807) is 6.07 Å². The molecule has 0 saturated heterocycles. The summed E-state index contributed by atoms with van der Waals surface area (Å²) in [6.45, 7) is 0.641. The number of hydrogen-bond donors (Lipinski definition) is 1. The Balaban J connectivity index is 1.82. The summed E-state index contributed by atoms with van der Waals surface area (Å²) < 4.78 is 20.8. The van der Waals surface area contributed by atoms with Crippen LogP contribution in [-0.4, -0.2) is 6.04 Å². The van der Waals surface area contributed by atoms with Crippen LogP contribution in [0.2, 0.25) is 0 Å². The first-order chi connectivity index (χ1) is 9.72. The summed E-state index contributed by atoms with van der Waals surface area (Å²) in [5.41, 5.74) is 0.857. The van der Waals surface area contributed by atoms with Crippen molar-refractivity contribution in [1.29, 1.82) is 0 Å². The van der Waals surface area contributed by atoms with Gasteiger partial charge < -0.3 is 10.1 Å². The second kappa shape index (κ2) is 6.10.